The van der Waals surface area contributed by atoms with E-state index in [0.29, 0.717) is 30.3 Å². The molecule has 0 bridgehead atoms. The summed E-state index contributed by atoms with van der Waals surface area (Å²) in [4.78, 5) is 14.2. The maximum absolute atomic E-state index is 12.3. The van der Waals surface area contributed by atoms with Crippen LogP contribution in [0.5, 0.6) is 17.2 Å². The molecule has 3 rings (SSSR count). The molecule has 28 heavy (non-hydrogen) atoms. The van der Waals surface area contributed by atoms with E-state index in [1.165, 1.54) is 12.1 Å². The molecular weight excluding hydrogens is 377 g/mol. The summed E-state index contributed by atoms with van der Waals surface area (Å²) in [7, 11) is 0. The van der Waals surface area contributed by atoms with Gasteiger partial charge in [0.05, 0.1) is 6.54 Å². The molecule has 0 saturated carbocycles. The van der Waals surface area contributed by atoms with Crippen LogP contribution >= 0.6 is 0 Å². The summed E-state index contributed by atoms with van der Waals surface area (Å²) in [5.74, 6) is 0.761. The van der Waals surface area contributed by atoms with Crippen LogP contribution in [-0.2, 0) is 11.3 Å². The van der Waals surface area contributed by atoms with E-state index in [4.69, 9.17) is 9.47 Å². The van der Waals surface area contributed by atoms with Gasteiger partial charge in [-0.25, -0.2) is 0 Å². The number of carbonyl (C=O) groups is 1. The first-order chi connectivity index (χ1) is 13.3. The number of carbonyl (C=O) groups excluding carboxylic acids is 1. The summed E-state index contributed by atoms with van der Waals surface area (Å²) in [6.07, 6.45) is -4.75. The van der Waals surface area contributed by atoms with Crippen molar-refractivity contribution in [2.45, 2.75) is 19.8 Å². The number of fused-ring (bicyclic) bond motifs is 1. The van der Waals surface area contributed by atoms with Crippen LogP contribution in [0.2, 0.25) is 0 Å². The average Bonchev–Trinajstić information content (AvgIpc) is 3.09. The maximum Gasteiger partial charge on any atom is 0.573 e. The van der Waals surface area contributed by atoms with E-state index in [1.807, 2.05) is 30.0 Å². The lowest BCUT2D eigenvalue weighted by Gasteiger charge is -2.20. The number of alkyl halides is 3. The monoisotopic (exact) mass is 396 g/mol. The summed E-state index contributed by atoms with van der Waals surface area (Å²) in [5.41, 5.74) is 1.37. The highest BCUT2D eigenvalue weighted by Gasteiger charge is 2.31. The molecule has 6 nitrogen and oxygen atoms in total. The van der Waals surface area contributed by atoms with E-state index in [9.17, 15) is 18.0 Å². The van der Waals surface area contributed by atoms with E-state index < -0.39 is 6.36 Å². The van der Waals surface area contributed by atoms with Gasteiger partial charge in [-0.3, -0.25) is 9.69 Å². The molecule has 1 heterocycles. The fourth-order valence-electron chi connectivity index (χ4n) is 2.72. The van der Waals surface area contributed by atoms with E-state index in [-0.39, 0.29) is 25.0 Å². The topological polar surface area (TPSA) is 60.0 Å². The van der Waals surface area contributed by atoms with Crippen molar-refractivity contribution in [1.82, 2.24) is 4.90 Å². The highest BCUT2D eigenvalue weighted by Crippen LogP contribution is 2.32. The Hall–Kier alpha value is -2.94. The molecule has 0 aromatic heterocycles. The maximum atomic E-state index is 12.3. The van der Waals surface area contributed by atoms with Gasteiger partial charge < -0.3 is 19.5 Å². The van der Waals surface area contributed by atoms with Crippen LogP contribution in [0.4, 0.5) is 18.9 Å². The van der Waals surface area contributed by atoms with Crippen molar-refractivity contribution < 1.29 is 32.2 Å². The Morgan fingerprint density at radius 3 is 2.54 bits per heavy atom. The third-order valence-electron chi connectivity index (χ3n) is 4.03. The smallest absolute Gasteiger partial charge is 0.454 e. The van der Waals surface area contributed by atoms with Gasteiger partial charge in [0.1, 0.15) is 5.75 Å². The molecule has 0 saturated heterocycles. The van der Waals surface area contributed by atoms with Crippen molar-refractivity contribution in [2.24, 2.45) is 0 Å². The summed E-state index contributed by atoms with van der Waals surface area (Å²) in [6, 6.07) is 10.6. The van der Waals surface area contributed by atoms with Crippen molar-refractivity contribution in [3.63, 3.8) is 0 Å². The Bertz CT molecular complexity index is 825. The fraction of sp³-hybridized carbons (Fsp3) is 0.316. The molecule has 1 aliphatic rings. The molecule has 2 aromatic carbocycles. The predicted molar refractivity (Wildman–Crippen MR) is 95.3 cm³/mol. The highest BCUT2D eigenvalue weighted by atomic mass is 19.4. The summed E-state index contributed by atoms with van der Waals surface area (Å²) in [6.45, 7) is 3.44. The van der Waals surface area contributed by atoms with E-state index in [1.54, 1.807) is 0 Å². The number of anilines is 1. The van der Waals surface area contributed by atoms with Crippen molar-refractivity contribution in [3.8, 4) is 17.2 Å². The average molecular weight is 396 g/mol. The first kappa shape index (κ1) is 19.8. The third kappa shape index (κ3) is 5.53. The Balaban J connectivity index is 1.54. The number of nitrogens with one attached hydrogen (secondary N) is 1. The molecule has 0 fully saturated rings. The molecule has 0 unspecified atom stereocenters. The second-order valence-electron chi connectivity index (χ2n) is 6.11. The van der Waals surface area contributed by atoms with Crippen LogP contribution in [0, 0.1) is 0 Å². The van der Waals surface area contributed by atoms with Crippen molar-refractivity contribution in [1.29, 1.82) is 0 Å². The molecular formula is C19H19F3N2O4. The number of halogens is 3. The Morgan fingerprint density at radius 2 is 1.86 bits per heavy atom. The molecule has 2 aromatic rings. The lowest BCUT2D eigenvalue weighted by Crippen LogP contribution is -2.32. The van der Waals surface area contributed by atoms with Crippen molar-refractivity contribution in [3.05, 3.63) is 48.0 Å². The van der Waals surface area contributed by atoms with Crippen LogP contribution in [0.3, 0.4) is 0 Å². The normalized spacial score (nSPS) is 12.9. The fourth-order valence-corrected chi connectivity index (χ4v) is 2.72. The van der Waals surface area contributed by atoms with Gasteiger partial charge in [0.15, 0.2) is 11.5 Å². The molecule has 9 heteroatoms. The SMILES string of the molecule is CCN(CC(=O)Nc1ccc(OC(F)(F)F)cc1)Cc1ccc2c(c1)OCO2. The van der Waals surface area contributed by atoms with Gasteiger partial charge in [-0.15, -0.1) is 13.2 Å². The van der Waals surface area contributed by atoms with Gasteiger partial charge in [0, 0.05) is 12.2 Å². The first-order valence-electron chi connectivity index (χ1n) is 8.59. The second kappa shape index (κ2) is 8.39. The Morgan fingerprint density at radius 1 is 1.14 bits per heavy atom. The van der Waals surface area contributed by atoms with Crippen molar-refractivity contribution in [2.75, 3.05) is 25.2 Å². The quantitative estimate of drug-likeness (QED) is 0.772. The van der Waals surface area contributed by atoms with Gasteiger partial charge in [-0.05, 0) is 48.5 Å². The van der Waals surface area contributed by atoms with Crippen LogP contribution in [0.15, 0.2) is 42.5 Å². The van der Waals surface area contributed by atoms with Gasteiger partial charge in [-0.1, -0.05) is 13.0 Å². The van der Waals surface area contributed by atoms with E-state index in [2.05, 4.69) is 10.1 Å². The lowest BCUT2D eigenvalue weighted by molar-refractivity contribution is -0.274. The van der Waals surface area contributed by atoms with Crippen LogP contribution in [0.1, 0.15) is 12.5 Å². The number of likely N-dealkylation sites (N-methyl/N-ethyl adjacent to an activating group) is 1. The van der Waals surface area contributed by atoms with Crippen LogP contribution in [0.25, 0.3) is 0 Å². The number of ether oxygens (including phenoxy) is 3. The minimum Gasteiger partial charge on any atom is -0.454 e. The van der Waals surface area contributed by atoms with Crippen molar-refractivity contribution >= 4 is 11.6 Å². The molecule has 0 spiro atoms. The highest BCUT2D eigenvalue weighted by molar-refractivity contribution is 5.92. The zero-order valence-corrected chi connectivity index (χ0v) is 15.1. The van der Waals surface area contributed by atoms with Crippen LogP contribution < -0.4 is 19.5 Å². The Labute approximate surface area is 159 Å². The first-order valence-corrected chi connectivity index (χ1v) is 8.59. The Kier molecular flexibility index (Phi) is 5.93. The molecule has 1 amide bonds. The molecule has 0 aliphatic carbocycles. The molecule has 0 atom stereocenters. The predicted octanol–water partition coefficient (Wildman–Crippen LogP) is 3.77. The summed E-state index contributed by atoms with van der Waals surface area (Å²) >= 11 is 0. The standard InChI is InChI=1S/C19H19F3N2O4/c1-2-24(10-13-3-8-16-17(9-13)27-12-26-16)11-18(25)23-14-4-6-15(7-5-14)28-19(20,21)22/h3-9H,2,10-12H2,1H3,(H,23,25). The lowest BCUT2D eigenvalue weighted by atomic mass is 10.2. The minimum atomic E-state index is -4.75. The number of rotatable bonds is 7. The summed E-state index contributed by atoms with van der Waals surface area (Å²) in [5, 5.41) is 2.66. The molecule has 1 N–H and O–H groups in total. The molecule has 0 radical (unpaired) electrons. The minimum absolute atomic E-state index is 0.131. The molecule has 150 valence electrons. The van der Waals surface area contributed by atoms with Crippen LogP contribution in [-0.4, -0.2) is 37.1 Å². The van der Waals surface area contributed by atoms with E-state index >= 15 is 0 Å². The number of benzene rings is 2. The third-order valence-corrected chi connectivity index (χ3v) is 4.03. The van der Waals surface area contributed by atoms with Gasteiger partial charge in [0.2, 0.25) is 12.7 Å². The van der Waals surface area contributed by atoms with E-state index in [0.717, 1.165) is 17.7 Å². The molecule has 1 aliphatic heterocycles. The largest absolute Gasteiger partial charge is 0.573 e. The van der Waals surface area contributed by atoms with Gasteiger partial charge in [0.25, 0.3) is 0 Å². The number of hydrogen-bond acceptors (Lipinski definition) is 5. The summed E-state index contributed by atoms with van der Waals surface area (Å²) < 4.78 is 51.0. The number of amides is 1. The number of hydrogen-bond donors (Lipinski definition) is 1. The van der Waals surface area contributed by atoms with Gasteiger partial charge in [-0.2, -0.15) is 0 Å². The number of nitrogens with zero attached hydrogens (tertiary/aromatic N) is 1. The zero-order chi connectivity index (χ0) is 20.1. The zero-order valence-electron chi connectivity index (χ0n) is 15.1. The second-order valence-corrected chi connectivity index (χ2v) is 6.11. The van der Waals surface area contributed by atoms with Gasteiger partial charge >= 0.3 is 6.36 Å².